The van der Waals surface area contributed by atoms with Crippen molar-refractivity contribution in [3.05, 3.63) is 67.8 Å². The van der Waals surface area contributed by atoms with Crippen LogP contribution in [0.25, 0.3) is 0 Å². The lowest BCUT2D eigenvalue weighted by molar-refractivity contribution is -0.385. The zero-order valence-corrected chi connectivity index (χ0v) is 17.1. The molecule has 1 saturated heterocycles. The SMILES string of the molecule is COc1ccc(C2SCCN2S(=O)(=O)c2cc([N+](=O)[O-])ccc2C)cc1[N+](=O)[O-]. The smallest absolute Gasteiger partial charge is 0.311 e. The summed E-state index contributed by atoms with van der Waals surface area (Å²) >= 11 is 1.32. The number of thioether (sulfide) groups is 1. The summed E-state index contributed by atoms with van der Waals surface area (Å²) in [5, 5.41) is 21.7. The van der Waals surface area contributed by atoms with Crippen molar-refractivity contribution in [2.24, 2.45) is 0 Å². The minimum atomic E-state index is -4.06. The Morgan fingerprint density at radius 2 is 1.86 bits per heavy atom. The average molecular weight is 439 g/mol. The summed E-state index contributed by atoms with van der Waals surface area (Å²) in [5.41, 5.74) is 0.234. The molecule has 0 saturated carbocycles. The standard InChI is InChI=1S/C17H17N3O7S2/c1-11-3-5-13(19(21)22)10-16(11)29(25,26)18-7-8-28-17(18)12-4-6-15(27-2)14(9-12)20(23)24/h3-6,9-10,17H,7-8H2,1-2H3. The molecule has 12 heteroatoms. The molecule has 0 aliphatic carbocycles. The van der Waals surface area contributed by atoms with Gasteiger partial charge < -0.3 is 4.74 Å². The second-order valence-corrected chi connectivity index (χ2v) is 9.28. The number of nitro benzene ring substituents is 2. The number of sulfonamides is 1. The lowest BCUT2D eigenvalue weighted by atomic mass is 10.2. The highest BCUT2D eigenvalue weighted by atomic mass is 32.2. The van der Waals surface area contributed by atoms with Crippen molar-refractivity contribution < 1.29 is 23.0 Å². The number of hydrogen-bond acceptors (Lipinski definition) is 8. The van der Waals surface area contributed by atoms with Gasteiger partial charge in [-0.1, -0.05) is 12.1 Å². The van der Waals surface area contributed by atoms with Crippen molar-refractivity contribution in [3.63, 3.8) is 0 Å². The molecule has 2 aromatic rings. The first kappa shape index (κ1) is 21.0. The van der Waals surface area contributed by atoms with E-state index in [9.17, 15) is 28.6 Å². The maximum atomic E-state index is 13.3. The lowest BCUT2D eigenvalue weighted by Crippen LogP contribution is -2.31. The van der Waals surface area contributed by atoms with Gasteiger partial charge in [-0.05, 0) is 24.1 Å². The fourth-order valence-electron chi connectivity index (χ4n) is 3.07. The highest BCUT2D eigenvalue weighted by molar-refractivity contribution is 8.01. The third kappa shape index (κ3) is 3.91. The van der Waals surface area contributed by atoms with Crippen LogP contribution in [0.15, 0.2) is 41.3 Å². The van der Waals surface area contributed by atoms with Crippen LogP contribution < -0.4 is 4.74 Å². The van der Waals surface area contributed by atoms with Crippen LogP contribution in [0.3, 0.4) is 0 Å². The molecule has 1 atom stereocenters. The molecule has 1 aliphatic heterocycles. The Kier molecular flexibility index (Phi) is 5.78. The fourth-order valence-corrected chi connectivity index (χ4v) is 6.55. The Bertz CT molecular complexity index is 1090. The lowest BCUT2D eigenvalue weighted by Gasteiger charge is -2.24. The maximum absolute atomic E-state index is 13.3. The monoisotopic (exact) mass is 439 g/mol. The largest absolute Gasteiger partial charge is 0.490 e. The van der Waals surface area contributed by atoms with E-state index < -0.39 is 25.2 Å². The van der Waals surface area contributed by atoms with Crippen LogP contribution in [0.4, 0.5) is 11.4 Å². The first-order valence-corrected chi connectivity index (χ1v) is 10.9. The van der Waals surface area contributed by atoms with E-state index in [1.54, 1.807) is 13.0 Å². The normalized spacial score (nSPS) is 17.2. The van der Waals surface area contributed by atoms with Crippen molar-refractivity contribution in [1.29, 1.82) is 0 Å². The van der Waals surface area contributed by atoms with Crippen LogP contribution in [0.5, 0.6) is 5.75 Å². The second-order valence-electron chi connectivity index (χ2n) is 6.23. The number of rotatable bonds is 6. The van der Waals surface area contributed by atoms with Crippen LogP contribution in [-0.2, 0) is 10.0 Å². The molecule has 1 fully saturated rings. The summed E-state index contributed by atoms with van der Waals surface area (Å²) < 4.78 is 32.8. The zero-order chi connectivity index (χ0) is 21.3. The molecule has 10 nitrogen and oxygen atoms in total. The molecular weight excluding hydrogens is 422 g/mol. The van der Waals surface area contributed by atoms with Crippen molar-refractivity contribution in [3.8, 4) is 5.75 Å². The third-order valence-electron chi connectivity index (χ3n) is 4.50. The Labute approximate surface area is 170 Å². The van der Waals surface area contributed by atoms with E-state index in [0.29, 0.717) is 16.9 Å². The Morgan fingerprint density at radius 3 is 2.48 bits per heavy atom. The highest BCUT2D eigenvalue weighted by Gasteiger charge is 2.39. The van der Waals surface area contributed by atoms with Gasteiger partial charge in [0.25, 0.3) is 5.69 Å². The quantitative estimate of drug-likeness (QED) is 0.495. The van der Waals surface area contributed by atoms with Crippen LogP contribution >= 0.6 is 11.8 Å². The van der Waals surface area contributed by atoms with Crippen molar-refractivity contribution >= 4 is 33.2 Å². The molecule has 1 unspecified atom stereocenters. The molecular formula is C17H17N3O7S2. The Hall–Kier alpha value is -2.70. The van der Waals surface area contributed by atoms with Crippen LogP contribution in [-0.4, -0.2) is 42.0 Å². The molecule has 1 aliphatic rings. The topological polar surface area (TPSA) is 133 Å². The van der Waals surface area contributed by atoms with E-state index >= 15 is 0 Å². The summed E-state index contributed by atoms with van der Waals surface area (Å²) in [5.74, 6) is 0.559. The number of ether oxygens (including phenoxy) is 1. The Morgan fingerprint density at radius 1 is 1.14 bits per heavy atom. The number of benzene rings is 2. The number of non-ortho nitro benzene ring substituents is 1. The zero-order valence-electron chi connectivity index (χ0n) is 15.5. The summed E-state index contributed by atoms with van der Waals surface area (Å²) in [7, 11) is -2.75. The van der Waals surface area contributed by atoms with Gasteiger partial charge in [0.05, 0.1) is 27.2 Å². The molecule has 0 radical (unpaired) electrons. The number of hydrogen-bond donors (Lipinski definition) is 0. The van der Waals surface area contributed by atoms with E-state index in [-0.39, 0.29) is 28.6 Å². The number of nitro groups is 2. The number of nitrogens with zero attached hydrogens (tertiary/aromatic N) is 3. The van der Waals surface area contributed by atoms with Gasteiger partial charge in [-0.2, -0.15) is 4.31 Å². The second kappa shape index (κ2) is 7.97. The van der Waals surface area contributed by atoms with Crippen LogP contribution in [0, 0.1) is 27.2 Å². The molecule has 0 N–H and O–H groups in total. The van der Waals surface area contributed by atoms with E-state index in [2.05, 4.69) is 0 Å². The van der Waals surface area contributed by atoms with E-state index in [0.717, 1.165) is 6.07 Å². The minimum absolute atomic E-state index is 0.0747. The number of methoxy groups -OCH3 is 1. The predicted molar refractivity (Wildman–Crippen MR) is 107 cm³/mol. The maximum Gasteiger partial charge on any atom is 0.311 e. The third-order valence-corrected chi connectivity index (χ3v) is 7.90. The van der Waals surface area contributed by atoms with Crippen molar-refractivity contribution in [1.82, 2.24) is 4.31 Å². The van der Waals surface area contributed by atoms with E-state index in [1.165, 1.54) is 47.4 Å². The van der Waals surface area contributed by atoms with E-state index in [1.807, 2.05) is 0 Å². The predicted octanol–water partition coefficient (Wildman–Crippen LogP) is 3.26. The van der Waals surface area contributed by atoms with Gasteiger partial charge in [0.1, 0.15) is 0 Å². The molecule has 2 aromatic carbocycles. The highest BCUT2D eigenvalue weighted by Crippen LogP contribution is 2.44. The fraction of sp³-hybridized carbons (Fsp3) is 0.294. The average Bonchev–Trinajstić information content (AvgIpc) is 3.18. The number of aryl methyl sites for hydroxylation is 1. The first-order chi connectivity index (χ1) is 13.7. The van der Waals surface area contributed by atoms with Crippen molar-refractivity contribution in [2.75, 3.05) is 19.4 Å². The Balaban J connectivity index is 2.05. The van der Waals surface area contributed by atoms with Gasteiger partial charge in [0, 0.05) is 30.5 Å². The molecule has 0 aromatic heterocycles. The van der Waals surface area contributed by atoms with Crippen LogP contribution in [0.2, 0.25) is 0 Å². The van der Waals surface area contributed by atoms with E-state index in [4.69, 9.17) is 4.74 Å². The summed E-state index contributed by atoms with van der Waals surface area (Å²) in [6.07, 6.45) is 0. The van der Waals surface area contributed by atoms with Gasteiger partial charge in [-0.25, -0.2) is 8.42 Å². The van der Waals surface area contributed by atoms with Gasteiger partial charge in [-0.3, -0.25) is 20.2 Å². The minimum Gasteiger partial charge on any atom is -0.490 e. The molecule has 1 heterocycles. The van der Waals surface area contributed by atoms with Gasteiger partial charge in [0.2, 0.25) is 10.0 Å². The van der Waals surface area contributed by atoms with Gasteiger partial charge >= 0.3 is 5.69 Å². The summed E-state index contributed by atoms with van der Waals surface area (Å²) in [6.45, 7) is 1.74. The molecule has 154 valence electrons. The molecule has 0 bridgehead atoms. The molecule has 0 spiro atoms. The summed E-state index contributed by atoms with van der Waals surface area (Å²) in [4.78, 5) is 21.0. The molecule has 29 heavy (non-hydrogen) atoms. The van der Waals surface area contributed by atoms with Gasteiger partial charge in [-0.15, -0.1) is 11.8 Å². The summed E-state index contributed by atoms with van der Waals surface area (Å²) in [6, 6.07) is 7.98. The molecule has 0 amide bonds. The van der Waals surface area contributed by atoms with Gasteiger partial charge in [0.15, 0.2) is 5.75 Å². The first-order valence-electron chi connectivity index (χ1n) is 8.37. The van der Waals surface area contributed by atoms with Crippen molar-refractivity contribution in [2.45, 2.75) is 17.2 Å². The molecule has 3 rings (SSSR count). The van der Waals surface area contributed by atoms with Crippen LogP contribution in [0.1, 0.15) is 16.5 Å².